The maximum absolute atomic E-state index is 5.67. The maximum atomic E-state index is 5.67. The SMILES string of the molecule is CC.CCCCOc1ccccc1CC. The fraction of sp³-hybridized carbons (Fsp3) is 0.571. The Hall–Kier alpha value is -0.980. The van der Waals surface area contributed by atoms with Crippen molar-refractivity contribution in [2.45, 2.75) is 47.0 Å². The third-order valence-electron chi connectivity index (χ3n) is 2.11. The first-order valence-corrected chi connectivity index (χ1v) is 6.09. The Morgan fingerprint density at radius 3 is 2.33 bits per heavy atom. The van der Waals surface area contributed by atoms with Crippen LogP contribution in [-0.4, -0.2) is 6.61 Å². The van der Waals surface area contributed by atoms with E-state index in [1.54, 1.807) is 0 Å². The van der Waals surface area contributed by atoms with Crippen molar-refractivity contribution in [2.75, 3.05) is 6.61 Å². The minimum Gasteiger partial charge on any atom is -0.493 e. The van der Waals surface area contributed by atoms with Crippen LogP contribution in [0.3, 0.4) is 0 Å². The van der Waals surface area contributed by atoms with E-state index in [2.05, 4.69) is 32.0 Å². The Morgan fingerprint density at radius 2 is 1.73 bits per heavy atom. The minimum atomic E-state index is 0.841. The summed E-state index contributed by atoms with van der Waals surface area (Å²) in [5, 5.41) is 0. The van der Waals surface area contributed by atoms with Gasteiger partial charge in [0.2, 0.25) is 0 Å². The molecular weight excluding hydrogens is 184 g/mol. The van der Waals surface area contributed by atoms with Gasteiger partial charge in [0.25, 0.3) is 0 Å². The molecule has 1 aromatic rings. The first-order valence-electron chi connectivity index (χ1n) is 6.09. The van der Waals surface area contributed by atoms with Gasteiger partial charge >= 0.3 is 0 Å². The molecule has 0 fully saturated rings. The second-order valence-corrected chi connectivity index (χ2v) is 3.16. The predicted molar refractivity (Wildman–Crippen MR) is 67.6 cm³/mol. The largest absolute Gasteiger partial charge is 0.493 e. The standard InChI is InChI=1S/C12H18O.C2H6/c1-3-5-10-13-12-9-7-6-8-11(12)4-2;1-2/h6-9H,3-5,10H2,1-2H3;1-2H3. The van der Waals surface area contributed by atoms with E-state index in [9.17, 15) is 0 Å². The molecule has 0 atom stereocenters. The molecule has 0 spiro atoms. The molecule has 0 heterocycles. The van der Waals surface area contributed by atoms with Gasteiger partial charge in [-0.3, -0.25) is 0 Å². The van der Waals surface area contributed by atoms with Gasteiger partial charge in [-0.1, -0.05) is 52.3 Å². The normalized spacial score (nSPS) is 9.07. The number of unbranched alkanes of at least 4 members (excludes halogenated alkanes) is 1. The zero-order valence-corrected chi connectivity index (χ0v) is 10.5. The Bertz CT molecular complexity index is 243. The molecule has 0 aliphatic carbocycles. The Balaban J connectivity index is 0.000000921. The average molecular weight is 208 g/mol. The average Bonchev–Trinajstić information content (AvgIpc) is 2.33. The second kappa shape index (κ2) is 9.57. The molecule has 0 N–H and O–H groups in total. The van der Waals surface area contributed by atoms with E-state index in [4.69, 9.17) is 4.74 Å². The van der Waals surface area contributed by atoms with Crippen molar-refractivity contribution in [1.82, 2.24) is 0 Å². The molecule has 0 radical (unpaired) electrons. The quantitative estimate of drug-likeness (QED) is 0.649. The summed E-state index contributed by atoms with van der Waals surface area (Å²) in [7, 11) is 0. The molecule has 0 saturated heterocycles. The van der Waals surface area contributed by atoms with Crippen molar-refractivity contribution in [2.24, 2.45) is 0 Å². The molecule has 86 valence electrons. The third-order valence-corrected chi connectivity index (χ3v) is 2.11. The van der Waals surface area contributed by atoms with Crippen LogP contribution in [0.4, 0.5) is 0 Å². The van der Waals surface area contributed by atoms with Gasteiger partial charge < -0.3 is 4.74 Å². The molecule has 1 nitrogen and oxygen atoms in total. The maximum Gasteiger partial charge on any atom is 0.122 e. The van der Waals surface area contributed by atoms with Gasteiger partial charge in [0.1, 0.15) is 5.75 Å². The molecule has 0 bridgehead atoms. The number of aryl methyl sites for hydroxylation is 1. The summed E-state index contributed by atoms with van der Waals surface area (Å²) in [4.78, 5) is 0. The summed E-state index contributed by atoms with van der Waals surface area (Å²) < 4.78 is 5.67. The lowest BCUT2D eigenvalue weighted by Gasteiger charge is -2.09. The lowest BCUT2D eigenvalue weighted by molar-refractivity contribution is 0.306. The molecule has 0 unspecified atom stereocenters. The van der Waals surface area contributed by atoms with Gasteiger partial charge in [-0.15, -0.1) is 0 Å². The molecule has 1 aromatic carbocycles. The first kappa shape index (κ1) is 14.0. The highest BCUT2D eigenvalue weighted by Crippen LogP contribution is 2.18. The summed E-state index contributed by atoms with van der Waals surface area (Å²) in [5.74, 6) is 1.05. The van der Waals surface area contributed by atoms with Crippen LogP contribution in [-0.2, 0) is 6.42 Å². The third kappa shape index (κ3) is 5.46. The van der Waals surface area contributed by atoms with Crippen LogP contribution in [0.2, 0.25) is 0 Å². The number of rotatable bonds is 5. The monoisotopic (exact) mass is 208 g/mol. The van der Waals surface area contributed by atoms with Crippen molar-refractivity contribution < 1.29 is 4.74 Å². The Morgan fingerprint density at radius 1 is 1.07 bits per heavy atom. The highest BCUT2D eigenvalue weighted by atomic mass is 16.5. The first-order chi connectivity index (χ1) is 7.38. The minimum absolute atomic E-state index is 0.841. The van der Waals surface area contributed by atoms with Gasteiger partial charge in [-0.25, -0.2) is 0 Å². The van der Waals surface area contributed by atoms with E-state index in [1.165, 1.54) is 12.0 Å². The zero-order valence-electron chi connectivity index (χ0n) is 10.5. The van der Waals surface area contributed by atoms with Gasteiger partial charge in [-0.05, 0) is 24.5 Å². The summed E-state index contributed by atoms with van der Waals surface area (Å²) in [6.07, 6.45) is 3.37. The molecule has 1 rings (SSSR count). The Kier molecular flexibility index (Phi) is 8.95. The Labute approximate surface area is 94.5 Å². The fourth-order valence-electron chi connectivity index (χ4n) is 1.26. The zero-order chi connectivity index (χ0) is 11.5. The summed E-state index contributed by atoms with van der Waals surface area (Å²) in [5.41, 5.74) is 1.30. The number of benzene rings is 1. The number of hydrogen-bond acceptors (Lipinski definition) is 1. The van der Waals surface area contributed by atoms with Crippen LogP contribution in [0, 0.1) is 0 Å². The van der Waals surface area contributed by atoms with E-state index in [1.807, 2.05) is 19.9 Å². The van der Waals surface area contributed by atoms with Crippen molar-refractivity contribution in [1.29, 1.82) is 0 Å². The van der Waals surface area contributed by atoms with E-state index < -0.39 is 0 Å². The van der Waals surface area contributed by atoms with Crippen LogP contribution < -0.4 is 4.74 Å². The van der Waals surface area contributed by atoms with Crippen LogP contribution in [0.5, 0.6) is 5.75 Å². The summed E-state index contributed by atoms with van der Waals surface area (Å²) >= 11 is 0. The van der Waals surface area contributed by atoms with Gasteiger partial charge in [0, 0.05) is 0 Å². The van der Waals surface area contributed by atoms with Crippen molar-refractivity contribution >= 4 is 0 Å². The van der Waals surface area contributed by atoms with Gasteiger partial charge in [0.15, 0.2) is 0 Å². The second-order valence-electron chi connectivity index (χ2n) is 3.16. The van der Waals surface area contributed by atoms with Crippen LogP contribution in [0.15, 0.2) is 24.3 Å². The topological polar surface area (TPSA) is 9.23 Å². The lowest BCUT2D eigenvalue weighted by atomic mass is 10.1. The van der Waals surface area contributed by atoms with Gasteiger partial charge in [-0.2, -0.15) is 0 Å². The predicted octanol–water partition coefficient (Wildman–Crippen LogP) is 4.45. The smallest absolute Gasteiger partial charge is 0.122 e. The molecule has 0 saturated carbocycles. The van der Waals surface area contributed by atoms with E-state index in [0.29, 0.717) is 0 Å². The van der Waals surface area contributed by atoms with E-state index >= 15 is 0 Å². The van der Waals surface area contributed by atoms with Crippen molar-refractivity contribution in [3.63, 3.8) is 0 Å². The number of para-hydroxylation sites is 1. The molecule has 1 heteroatoms. The lowest BCUT2D eigenvalue weighted by Crippen LogP contribution is -1.98. The molecule has 0 aliphatic rings. The molecule has 15 heavy (non-hydrogen) atoms. The van der Waals surface area contributed by atoms with E-state index in [-0.39, 0.29) is 0 Å². The van der Waals surface area contributed by atoms with Gasteiger partial charge in [0.05, 0.1) is 6.61 Å². The van der Waals surface area contributed by atoms with Crippen LogP contribution >= 0.6 is 0 Å². The molecule has 0 aromatic heterocycles. The van der Waals surface area contributed by atoms with Crippen molar-refractivity contribution in [3.8, 4) is 5.75 Å². The molecule has 0 aliphatic heterocycles. The van der Waals surface area contributed by atoms with Crippen LogP contribution in [0.1, 0.15) is 46.1 Å². The fourth-order valence-corrected chi connectivity index (χ4v) is 1.26. The molecule has 0 amide bonds. The molecular formula is C14H24O. The summed E-state index contributed by atoms with van der Waals surface area (Å²) in [6, 6.07) is 8.27. The number of hydrogen-bond donors (Lipinski definition) is 0. The number of ether oxygens (including phenoxy) is 1. The summed E-state index contributed by atoms with van der Waals surface area (Å²) in [6.45, 7) is 9.17. The van der Waals surface area contributed by atoms with Crippen molar-refractivity contribution in [3.05, 3.63) is 29.8 Å². The van der Waals surface area contributed by atoms with Crippen LogP contribution in [0.25, 0.3) is 0 Å². The van der Waals surface area contributed by atoms with E-state index in [0.717, 1.165) is 25.2 Å². The highest BCUT2D eigenvalue weighted by Gasteiger charge is 1.98. The highest BCUT2D eigenvalue weighted by molar-refractivity contribution is 5.33.